The van der Waals surface area contributed by atoms with Crippen LogP contribution in [-0.4, -0.2) is 37.6 Å². The number of nitrogens with zero attached hydrogens (tertiary/aromatic N) is 3. The minimum Gasteiger partial charge on any atom is -0.481 e. The van der Waals surface area contributed by atoms with Gasteiger partial charge in [-0.25, -0.2) is 0 Å². The Morgan fingerprint density at radius 1 is 1.50 bits per heavy atom. The maximum Gasteiger partial charge on any atom is 0.310 e. The minimum atomic E-state index is -1.08. The van der Waals surface area contributed by atoms with Crippen LogP contribution in [0.2, 0.25) is 0 Å². The van der Waals surface area contributed by atoms with Gasteiger partial charge in [0.25, 0.3) is 0 Å². The third kappa shape index (κ3) is 3.25. The van der Waals surface area contributed by atoms with E-state index in [1.54, 1.807) is 20.8 Å². The summed E-state index contributed by atoms with van der Waals surface area (Å²) in [5.74, 6) is -1.12. The van der Waals surface area contributed by atoms with Crippen LogP contribution in [0.4, 0.5) is 0 Å². The highest BCUT2D eigenvalue weighted by Gasteiger charge is 2.38. The SMILES string of the molecule is CC(C)C(C)(CC(=O)NCc1nn[nH]n1)C(=O)O. The summed E-state index contributed by atoms with van der Waals surface area (Å²) in [6.07, 6.45) is -0.0855. The summed E-state index contributed by atoms with van der Waals surface area (Å²) in [4.78, 5) is 22.9. The van der Waals surface area contributed by atoms with Gasteiger partial charge in [-0.1, -0.05) is 19.1 Å². The maximum absolute atomic E-state index is 11.7. The number of tetrazole rings is 1. The fourth-order valence-corrected chi connectivity index (χ4v) is 1.36. The van der Waals surface area contributed by atoms with E-state index in [0.717, 1.165) is 0 Å². The zero-order valence-electron chi connectivity index (χ0n) is 10.6. The van der Waals surface area contributed by atoms with Crippen LogP contribution in [0.1, 0.15) is 33.0 Å². The van der Waals surface area contributed by atoms with Crippen molar-refractivity contribution in [2.75, 3.05) is 0 Å². The minimum absolute atomic E-state index is 0.0855. The van der Waals surface area contributed by atoms with Crippen LogP contribution in [0.5, 0.6) is 0 Å². The van der Waals surface area contributed by atoms with Gasteiger partial charge in [-0.15, -0.1) is 10.2 Å². The molecule has 0 fully saturated rings. The number of rotatable bonds is 6. The molecule has 100 valence electrons. The molecule has 0 aliphatic carbocycles. The van der Waals surface area contributed by atoms with Crippen molar-refractivity contribution < 1.29 is 14.7 Å². The Hall–Kier alpha value is -1.99. The van der Waals surface area contributed by atoms with E-state index in [1.807, 2.05) is 0 Å². The Bertz CT molecular complexity index is 417. The molecular formula is C10H17N5O3. The zero-order valence-corrected chi connectivity index (χ0v) is 10.6. The first-order valence-corrected chi connectivity index (χ1v) is 5.58. The van der Waals surface area contributed by atoms with Crippen LogP contribution in [0, 0.1) is 11.3 Å². The summed E-state index contributed by atoms with van der Waals surface area (Å²) in [7, 11) is 0. The van der Waals surface area contributed by atoms with Crippen molar-refractivity contribution in [1.29, 1.82) is 0 Å². The molecule has 0 radical (unpaired) electrons. The molecule has 0 saturated carbocycles. The molecule has 0 saturated heterocycles. The molecule has 1 atom stereocenters. The molecule has 1 heterocycles. The Morgan fingerprint density at radius 2 is 2.17 bits per heavy atom. The lowest BCUT2D eigenvalue weighted by molar-refractivity contribution is -0.153. The molecule has 0 bridgehead atoms. The fourth-order valence-electron chi connectivity index (χ4n) is 1.36. The average molecular weight is 255 g/mol. The van der Waals surface area contributed by atoms with Crippen molar-refractivity contribution >= 4 is 11.9 Å². The first-order valence-electron chi connectivity index (χ1n) is 5.58. The van der Waals surface area contributed by atoms with Gasteiger partial charge in [-0.05, 0) is 12.8 Å². The summed E-state index contributed by atoms with van der Waals surface area (Å²) < 4.78 is 0. The van der Waals surface area contributed by atoms with Gasteiger partial charge in [0.15, 0.2) is 5.82 Å². The largest absolute Gasteiger partial charge is 0.481 e. The number of hydrogen-bond donors (Lipinski definition) is 3. The number of aromatic amines is 1. The van der Waals surface area contributed by atoms with E-state index in [4.69, 9.17) is 0 Å². The van der Waals surface area contributed by atoms with Crippen molar-refractivity contribution in [1.82, 2.24) is 25.9 Å². The van der Waals surface area contributed by atoms with E-state index in [1.165, 1.54) is 0 Å². The number of carbonyl (C=O) groups excluding carboxylic acids is 1. The lowest BCUT2D eigenvalue weighted by Gasteiger charge is -2.28. The number of carboxylic acid groups (broad SMARTS) is 1. The monoisotopic (exact) mass is 255 g/mol. The molecule has 18 heavy (non-hydrogen) atoms. The number of aromatic nitrogens is 4. The smallest absolute Gasteiger partial charge is 0.310 e. The third-order valence-corrected chi connectivity index (χ3v) is 3.12. The van der Waals surface area contributed by atoms with E-state index < -0.39 is 11.4 Å². The predicted octanol–water partition coefficient (Wildman–Crippen LogP) is -0.0471. The van der Waals surface area contributed by atoms with Crippen LogP contribution in [-0.2, 0) is 16.1 Å². The number of nitrogens with one attached hydrogen (secondary N) is 2. The van der Waals surface area contributed by atoms with Crippen LogP contribution in [0.3, 0.4) is 0 Å². The molecule has 1 unspecified atom stereocenters. The molecule has 1 aromatic heterocycles. The van der Waals surface area contributed by atoms with Gasteiger partial charge in [0.2, 0.25) is 5.91 Å². The second kappa shape index (κ2) is 5.56. The quantitative estimate of drug-likeness (QED) is 0.655. The molecule has 1 amide bonds. The van der Waals surface area contributed by atoms with E-state index in [9.17, 15) is 14.7 Å². The molecule has 0 aliphatic heterocycles. The summed E-state index contributed by atoms with van der Waals surface area (Å²) in [5, 5.41) is 24.7. The number of hydrogen-bond acceptors (Lipinski definition) is 5. The van der Waals surface area contributed by atoms with Gasteiger partial charge in [0, 0.05) is 6.42 Å². The van der Waals surface area contributed by atoms with Crippen LogP contribution in [0.15, 0.2) is 0 Å². The molecule has 0 aromatic carbocycles. The van der Waals surface area contributed by atoms with Gasteiger partial charge in [-0.3, -0.25) is 9.59 Å². The number of H-pyrrole nitrogens is 1. The molecule has 8 nitrogen and oxygen atoms in total. The Labute approximate surface area is 104 Å². The molecule has 8 heteroatoms. The second-order valence-electron chi connectivity index (χ2n) is 4.66. The molecule has 3 N–H and O–H groups in total. The summed E-state index contributed by atoms with van der Waals surface area (Å²) in [5.41, 5.74) is -1.08. The van der Waals surface area contributed by atoms with Gasteiger partial charge < -0.3 is 10.4 Å². The van der Waals surface area contributed by atoms with E-state index >= 15 is 0 Å². The predicted molar refractivity (Wildman–Crippen MR) is 61.2 cm³/mol. The van der Waals surface area contributed by atoms with Gasteiger partial charge >= 0.3 is 5.97 Å². The second-order valence-corrected chi connectivity index (χ2v) is 4.66. The van der Waals surface area contributed by atoms with E-state index in [2.05, 4.69) is 25.9 Å². The molecule has 1 aromatic rings. The van der Waals surface area contributed by atoms with E-state index in [0.29, 0.717) is 5.82 Å². The standard InChI is InChI=1S/C10H17N5O3/c1-6(2)10(3,9(17)18)4-8(16)11-5-7-12-14-15-13-7/h6H,4-5H2,1-3H3,(H,11,16)(H,17,18)(H,12,13,14,15). The van der Waals surface area contributed by atoms with Crippen molar-refractivity contribution in [3.63, 3.8) is 0 Å². The number of carboxylic acids is 1. The third-order valence-electron chi connectivity index (χ3n) is 3.12. The summed E-state index contributed by atoms with van der Waals surface area (Å²) in [6.45, 7) is 5.25. The van der Waals surface area contributed by atoms with Crippen LogP contribution in [0.25, 0.3) is 0 Å². The van der Waals surface area contributed by atoms with Crippen LogP contribution < -0.4 is 5.32 Å². The van der Waals surface area contributed by atoms with Crippen LogP contribution >= 0.6 is 0 Å². The Balaban J connectivity index is 2.55. The van der Waals surface area contributed by atoms with E-state index in [-0.39, 0.29) is 24.8 Å². The van der Waals surface area contributed by atoms with Crippen molar-refractivity contribution in [3.05, 3.63) is 5.82 Å². The fraction of sp³-hybridized carbons (Fsp3) is 0.700. The molecule has 0 spiro atoms. The van der Waals surface area contributed by atoms with Gasteiger partial charge in [-0.2, -0.15) is 5.21 Å². The maximum atomic E-state index is 11.7. The van der Waals surface area contributed by atoms with Gasteiger partial charge in [0.05, 0.1) is 12.0 Å². The zero-order chi connectivity index (χ0) is 13.8. The highest BCUT2D eigenvalue weighted by molar-refractivity contribution is 5.84. The molecule has 0 aliphatic rings. The Morgan fingerprint density at radius 3 is 2.61 bits per heavy atom. The summed E-state index contributed by atoms with van der Waals surface area (Å²) in [6, 6.07) is 0. The van der Waals surface area contributed by atoms with Gasteiger partial charge in [0.1, 0.15) is 0 Å². The number of aliphatic carboxylic acids is 1. The molecule has 1 rings (SSSR count). The highest BCUT2D eigenvalue weighted by Crippen LogP contribution is 2.31. The highest BCUT2D eigenvalue weighted by atomic mass is 16.4. The molecular weight excluding hydrogens is 238 g/mol. The number of amides is 1. The first kappa shape index (κ1) is 14.1. The summed E-state index contributed by atoms with van der Waals surface area (Å²) >= 11 is 0. The Kier molecular flexibility index (Phi) is 4.35. The van der Waals surface area contributed by atoms with Crippen molar-refractivity contribution in [3.8, 4) is 0 Å². The first-order chi connectivity index (χ1) is 8.36. The van der Waals surface area contributed by atoms with Crippen molar-refractivity contribution in [2.45, 2.75) is 33.7 Å². The number of carbonyl (C=O) groups is 2. The topological polar surface area (TPSA) is 121 Å². The normalized spacial score (nSPS) is 14.2. The lowest BCUT2D eigenvalue weighted by atomic mass is 9.76. The average Bonchev–Trinajstić information content (AvgIpc) is 2.78. The van der Waals surface area contributed by atoms with Crippen molar-refractivity contribution in [2.24, 2.45) is 11.3 Å². The lowest BCUT2D eigenvalue weighted by Crippen LogP contribution is -2.39.